The van der Waals surface area contributed by atoms with Gasteiger partial charge in [0.1, 0.15) is 5.75 Å². The molecule has 0 spiro atoms. The first-order valence-electron chi connectivity index (χ1n) is 5.95. The number of carbonyl (C=O) groups is 1. The Balaban J connectivity index is 2.16. The number of rotatable bonds is 5. The van der Waals surface area contributed by atoms with Crippen LogP contribution in [0.15, 0.2) is 35.5 Å². The van der Waals surface area contributed by atoms with Gasteiger partial charge in [0.15, 0.2) is 0 Å². The molecular weight excluding hydrogens is 274 g/mol. The van der Waals surface area contributed by atoms with Crippen molar-refractivity contribution in [1.82, 2.24) is 9.88 Å². The molecule has 0 radical (unpaired) electrons. The predicted octanol–water partition coefficient (Wildman–Crippen LogP) is 2.60. The summed E-state index contributed by atoms with van der Waals surface area (Å²) in [6.07, 6.45) is 3.21. The number of aromatic nitrogens is 1. The zero-order valence-electron chi connectivity index (χ0n) is 11.5. The quantitative estimate of drug-likeness (QED) is 0.482. The Morgan fingerprint density at radius 3 is 2.65 bits per heavy atom. The number of carbonyl (C=O) groups excluding carboxylic acids is 1. The van der Waals surface area contributed by atoms with E-state index in [1.54, 1.807) is 43.9 Å². The molecule has 5 nitrogen and oxygen atoms in total. The third-order valence-corrected chi connectivity index (χ3v) is 3.37. The van der Waals surface area contributed by atoms with Crippen molar-refractivity contribution in [3.63, 3.8) is 0 Å². The van der Waals surface area contributed by atoms with Crippen molar-refractivity contribution in [3.05, 3.63) is 40.9 Å². The number of hydrogen-bond acceptors (Lipinski definition) is 5. The second-order valence-corrected chi connectivity index (χ2v) is 5.28. The van der Waals surface area contributed by atoms with E-state index in [0.717, 1.165) is 5.75 Å². The summed E-state index contributed by atoms with van der Waals surface area (Å²) in [6, 6.07) is 7.01. The molecule has 0 aliphatic rings. The second kappa shape index (κ2) is 6.29. The number of thiazole rings is 1. The van der Waals surface area contributed by atoms with Crippen molar-refractivity contribution in [3.8, 4) is 5.75 Å². The van der Waals surface area contributed by atoms with E-state index in [1.165, 1.54) is 11.3 Å². The first-order chi connectivity index (χ1) is 9.60. The molecule has 0 saturated heterocycles. The van der Waals surface area contributed by atoms with Crippen LogP contribution in [0.3, 0.4) is 0 Å². The van der Waals surface area contributed by atoms with Gasteiger partial charge < -0.3 is 9.64 Å². The predicted molar refractivity (Wildman–Crippen MR) is 80.4 cm³/mol. The van der Waals surface area contributed by atoms with Gasteiger partial charge in [0.25, 0.3) is 0 Å². The number of methoxy groups -OCH3 is 1. The number of ether oxygens (including phenoxy) is 1. The van der Waals surface area contributed by atoms with Gasteiger partial charge in [-0.25, -0.2) is 9.98 Å². The Hall–Kier alpha value is -2.21. The van der Waals surface area contributed by atoms with E-state index in [1.807, 2.05) is 19.0 Å². The SMILES string of the molecule is COc1ccc(C(=O)c2cnc(N=CN(C)C)s2)cc1. The maximum Gasteiger partial charge on any atom is 0.211 e. The largest absolute Gasteiger partial charge is 0.497 e. The molecule has 6 heteroatoms. The molecule has 0 bridgehead atoms. The van der Waals surface area contributed by atoms with Crippen LogP contribution in [0.1, 0.15) is 15.2 Å². The van der Waals surface area contributed by atoms with Crippen molar-refractivity contribution >= 4 is 28.6 Å². The van der Waals surface area contributed by atoms with Gasteiger partial charge in [-0.15, -0.1) is 0 Å². The third kappa shape index (κ3) is 3.42. The highest BCUT2D eigenvalue weighted by Crippen LogP contribution is 2.24. The Bertz CT molecular complexity index is 618. The summed E-state index contributed by atoms with van der Waals surface area (Å²) in [4.78, 5) is 22.9. The van der Waals surface area contributed by atoms with Gasteiger partial charge in [-0.1, -0.05) is 11.3 Å². The number of hydrogen-bond donors (Lipinski definition) is 0. The molecule has 0 N–H and O–H groups in total. The number of nitrogens with zero attached hydrogens (tertiary/aromatic N) is 3. The lowest BCUT2D eigenvalue weighted by atomic mass is 10.1. The average Bonchev–Trinajstić information content (AvgIpc) is 2.93. The lowest BCUT2D eigenvalue weighted by Gasteiger charge is -2.01. The minimum absolute atomic E-state index is 0.0588. The van der Waals surface area contributed by atoms with E-state index in [0.29, 0.717) is 15.6 Å². The minimum atomic E-state index is -0.0588. The fourth-order valence-electron chi connectivity index (χ4n) is 1.48. The molecule has 0 aliphatic heterocycles. The second-order valence-electron chi connectivity index (χ2n) is 4.27. The van der Waals surface area contributed by atoms with Crippen molar-refractivity contribution in [2.45, 2.75) is 0 Å². The monoisotopic (exact) mass is 289 g/mol. The van der Waals surface area contributed by atoms with Gasteiger partial charge in [0, 0.05) is 19.7 Å². The highest BCUT2D eigenvalue weighted by molar-refractivity contribution is 7.17. The van der Waals surface area contributed by atoms with E-state index in [4.69, 9.17) is 4.74 Å². The highest BCUT2D eigenvalue weighted by atomic mass is 32.1. The Morgan fingerprint density at radius 1 is 1.35 bits per heavy atom. The van der Waals surface area contributed by atoms with Gasteiger partial charge in [0.2, 0.25) is 10.9 Å². The Labute approximate surface area is 121 Å². The molecule has 0 amide bonds. The van der Waals surface area contributed by atoms with E-state index in [9.17, 15) is 4.79 Å². The smallest absolute Gasteiger partial charge is 0.211 e. The number of aliphatic imine (C=N–C) groups is 1. The summed E-state index contributed by atoms with van der Waals surface area (Å²) in [5, 5.41) is 0.565. The fourth-order valence-corrected chi connectivity index (χ4v) is 2.20. The first-order valence-corrected chi connectivity index (χ1v) is 6.77. The zero-order valence-corrected chi connectivity index (χ0v) is 12.3. The molecule has 2 aromatic rings. The van der Waals surface area contributed by atoms with Crippen molar-refractivity contribution in [1.29, 1.82) is 0 Å². The van der Waals surface area contributed by atoms with Gasteiger partial charge in [0.05, 0.1) is 24.5 Å². The molecule has 20 heavy (non-hydrogen) atoms. The van der Waals surface area contributed by atoms with Crippen LogP contribution in [0.4, 0.5) is 5.13 Å². The maximum absolute atomic E-state index is 12.3. The maximum atomic E-state index is 12.3. The molecule has 1 aromatic carbocycles. The molecular formula is C14H15N3O2S. The van der Waals surface area contributed by atoms with E-state index >= 15 is 0 Å². The molecule has 1 heterocycles. The summed E-state index contributed by atoms with van der Waals surface area (Å²) >= 11 is 1.27. The molecule has 0 unspecified atom stereocenters. The summed E-state index contributed by atoms with van der Waals surface area (Å²) in [5.41, 5.74) is 0.609. The van der Waals surface area contributed by atoms with E-state index < -0.39 is 0 Å². The van der Waals surface area contributed by atoms with Gasteiger partial charge in [-0.3, -0.25) is 4.79 Å². The normalized spacial score (nSPS) is 10.8. The zero-order chi connectivity index (χ0) is 14.5. The lowest BCUT2D eigenvalue weighted by molar-refractivity contribution is 0.104. The van der Waals surface area contributed by atoms with Crippen molar-refractivity contribution < 1.29 is 9.53 Å². The molecule has 0 aliphatic carbocycles. The Morgan fingerprint density at radius 2 is 2.05 bits per heavy atom. The van der Waals surface area contributed by atoms with Crippen LogP contribution in [-0.4, -0.2) is 43.2 Å². The summed E-state index contributed by atoms with van der Waals surface area (Å²) in [5.74, 6) is 0.665. The Kier molecular flexibility index (Phi) is 4.47. The average molecular weight is 289 g/mol. The van der Waals surface area contributed by atoms with Gasteiger partial charge in [-0.05, 0) is 24.3 Å². The molecule has 0 saturated carbocycles. The standard InChI is InChI=1S/C14H15N3O2S/c1-17(2)9-16-14-15-8-12(20-14)13(18)10-4-6-11(19-3)7-5-10/h4-9H,1-3H3. The minimum Gasteiger partial charge on any atom is -0.497 e. The van der Waals surface area contributed by atoms with Crippen molar-refractivity contribution in [2.75, 3.05) is 21.2 Å². The summed E-state index contributed by atoms with van der Waals surface area (Å²) in [6.45, 7) is 0. The molecule has 2 rings (SSSR count). The van der Waals surface area contributed by atoms with Crippen LogP contribution < -0.4 is 4.74 Å². The van der Waals surface area contributed by atoms with Gasteiger partial charge in [-0.2, -0.15) is 0 Å². The van der Waals surface area contributed by atoms with Crippen LogP contribution in [0.5, 0.6) is 5.75 Å². The number of benzene rings is 1. The summed E-state index contributed by atoms with van der Waals surface area (Å²) in [7, 11) is 5.34. The topological polar surface area (TPSA) is 54.8 Å². The molecule has 0 atom stereocenters. The molecule has 1 aromatic heterocycles. The molecule has 0 fully saturated rings. The summed E-state index contributed by atoms with van der Waals surface area (Å²) < 4.78 is 5.07. The van der Waals surface area contributed by atoms with E-state index in [2.05, 4.69) is 9.98 Å². The third-order valence-electron chi connectivity index (χ3n) is 2.47. The van der Waals surface area contributed by atoms with Crippen LogP contribution >= 0.6 is 11.3 Å². The highest BCUT2D eigenvalue weighted by Gasteiger charge is 2.12. The van der Waals surface area contributed by atoms with Gasteiger partial charge >= 0.3 is 0 Å². The van der Waals surface area contributed by atoms with Crippen LogP contribution in [0.25, 0.3) is 0 Å². The van der Waals surface area contributed by atoms with E-state index in [-0.39, 0.29) is 5.78 Å². The molecule has 104 valence electrons. The van der Waals surface area contributed by atoms with Crippen LogP contribution in [-0.2, 0) is 0 Å². The van der Waals surface area contributed by atoms with Crippen LogP contribution in [0, 0.1) is 0 Å². The number of ketones is 1. The first kappa shape index (κ1) is 14.2. The lowest BCUT2D eigenvalue weighted by Crippen LogP contribution is -2.06. The van der Waals surface area contributed by atoms with Crippen molar-refractivity contribution in [2.24, 2.45) is 4.99 Å². The fraction of sp³-hybridized carbons (Fsp3) is 0.214. The van der Waals surface area contributed by atoms with Crippen LogP contribution in [0.2, 0.25) is 0 Å².